The Labute approximate surface area is 314 Å². The molecule has 0 heterocycles. The van der Waals surface area contributed by atoms with E-state index in [0.29, 0.717) is 0 Å². The Morgan fingerprint density at radius 2 is 0.463 bits per heavy atom. The Kier molecular flexibility index (Phi) is 10.1. The molecule has 0 saturated carbocycles. The van der Waals surface area contributed by atoms with E-state index in [4.69, 9.17) is 14.2 Å². The molecule has 0 aliphatic heterocycles. The fraction of sp³-hybridized carbons (Fsp3) is 0.0667. The molecule has 0 aromatic heterocycles. The lowest BCUT2D eigenvalue weighted by Crippen LogP contribution is -2.16. The summed E-state index contributed by atoms with van der Waals surface area (Å²) in [5, 5.41) is 30.9. The highest BCUT2D eigenvalue weighted by molar-refractivity contribution is 5.89. The molecule has 7 aromatic rings. The number of phenols is 3. The molecule has 0 saturated heterocycles. The van der Waals surface area contributed by atoms with Crippen molar-refractivity contribution in [3.63, 3.8) is 0 Å². The minimum Gasteiger partial charge on any atom is -0.508 e. The van der Waals surface area contributed by atoms with Crippen LogP contribution in [0.5, 0.6) is 34.5 Å². The molecule has 54 heavy (non-hydrogen) atoms. The molecule has 0 amide bonds. The highest BCUT2D eigenvalue weighted by Gasteiger charge is 2.23. The quantitative estimate of drug-likeness (QED) is 0.114. The van der Waals surface area contributed by atoms with Crippen LogP contribution in [0.4, 0.5) is 51.2 Å². The Balaban J connectivity index is 1.53. The predicted octanol–water partition coefficient (Wildman–Crippen LogP) is 11.2. The summed E-state index contributed by atoms with van der Waals surface area (Å²) in [7, 11) is 4.91. The molecule has 0 aliphatic carbocycles. The molecule has 270 valence electrons. The first kappa shape index (κ1) is 35.2. The predicted molar refractivity (Wildman–Crippen MR) is 215 cm³/mol. The molecule has 7 rings (SSSR count). The first-order chi connectivity index (χ1) is 26.3. The molecule has 0 fully saturated rings. The van der Waals surface area contributed by atoms with Gasteiger partial charge in [0.1, 0.15) is 34.5 Å². The highest BCUT2D eigenvalue weighted by atomic mass is 16.5. The highest BCUT2D eigenvalue weighted by Crippen LogP contribution is 2.46. The number of benzene rings is 7. The molecule has 0 radical (unpaired) electrons. The molecule has 0 unspecified atom stereocenters. The minimum absolute atomic E-state index is 0.152. The average molecular weight is 718 g/mol. The van der Waals surface area contributed by atoms with Crippen molar-refractivity contribution in [2.24, 2.45) is 0 Å². The standard InChI is InChI=1S/C45H39N3O6/c1-52-43-22-10-34(11-23-43)46(31-4-16-40(49)17-5-31)37-28-38(47(32-6-18-41(50)19-7-32)35-12-24-44(53-2)25-13-35)30-39(29-37)48(33-8-20-42(51)21-9-33)36-14-26-45(54-3)27-15-36/h4-30,49-51H,1-3H3. The Morgan fingerprint density at radius 3 is 0.648 bits per heavy atom. The van der Waals surface area contributed by atoms with Crippen molar-refractivity contribution in [2.45, 2.75) is 0 Å². The fourth-order valence-electron chi connectivity index (χ4n) is 6.31. The lowest BCUT2D eigenvalue weighted by molar-refractivity contribution is 0.414. The summed E-state index contributed by atoms with van der Waals surface area (Å²) in [6, 6.07) is 50.9. The van der Waals surface area contributed by atoms with Crippen molar-refractivity contribution in [1.29, 1.82) is 0 Å². The molecule has 0 atom stereocenters. The van der Waals surface area contributed by atoms with E-state index in [9.17, 15) is 15.3 Å². The van der Waals surface area contributed by atoms with Crippen LogP contribution in [0.2, 0.25) is 0 Å². The third kappa shape index (κ3) is 7.51. The van der Waals surface area contributed by atoms with Crippen molar-refractivity contribution in [1.82, 2.24) is 0 Å². The summed E-state index contributed by atoms with van der Waals surface area (Å²) in [4.78, 5) is 6.33. The maximum atomic E-state index is 10.3. The van der Waals surface area contributed by atoms with Crippen molar-refractivity contribution >= 4 is 51.2 Å². The van der Waals surface area contributed by atoms with Gasteiger partial charge in [0, 0.05) is 34.1 Å². The number of phenolic OH excluding ortho intramolecular Hbond substituents is 3. The monoisotopic (exact) mass is 717 g/mol. The van der Waals surface area contributed by atoms with Crippen LogP contribution >= 0.6 is 0 Å². The van der Waals surface area contributed by atoms with Crippen LogP contribution in [0.1, 0.15) is 0 Å². The Morgan fingerprint density at radius 1 is 0.278 bits per heavy atom. The molecule has 9 nitrogen and oxygen atoms in total. The second kappa shape index (κ2) is 15.5. The first-order valence-electron chi connectivity index (χ1n) is 17.2. The lowest BCUT2D eigenvalue weighted by Gasteiger charge is -2.33. The largest absolute Gasteiger partial charge is 0.508 e. The maximum Gasteiger partial charge on any atom is 0.119 e. The van der Waals surface area contributed by atoms with Gasteiger partial charge in [-0.25, -0.2) is 0 Å². The van der Waals surface area contributed by atoms with Gasteiger partial charge >= 0.3 is 0 Å². The number of methoxy groups -OCH3 is 3. The summed E-state index contributed by atoms with van der Waals surface area (Å²) in [5.74, 6) is 2.61. The van der Waals surface area contributed by atoms with Crippen molar-refractivity contribution < 1.29 is 29.5 Å². The average Bonchev–Trinajstić information content (AvgIpc) is 3.21. The number of hydrogen-bond acceptors (Lipinski definition) is 9. The van der Waals surface area contributed by atoms with Crippen LogP contribution in [0, 0.1) is 0 Å². The van der Waals surface area contributed by atoms with E-state index >= 15 is 0 Å². The molecule has 0 aliphatic rings. The Hall–Kier alpha value is -7.26. The third-order valence-electron chi connectivity index (χ3n) is 8.98. The van der Waals surface area contributed by atoms with Crippen LogP contribution in [0.3, 0.4) is 0 Å². The number of ether oxygens (including phenoxy) is 3. The van der Waals surface area contributed by atoms with E-state index in [1.807, 2.05) is 109 Å². The van der Waals surface area contributed by atoms with Gasteiger partial charge < -0.3 is 44.2 Å². The van der Waals surface area contributed by atoms with Crippen LogP contribution in [0.25, 0.3) is 0 Å². The van der Waals surface area contributed by atoms with Crippen molar-refractivity contribution in [3.05, 3.63) is 164 Å². The molecule has 3 N–H and O–H groups in total. The van der Waals surface area contributed by atoms with Gasteiger partial charge in [-0.2, -0.15) is 0 Å². The second-order valence-electron chi connectivity index (χ2n) is 12.4. The normalized spacial score (nSPS) is 10.7. The zero-order chi connectivity index (χ0) is 37.6. The van der Waals surface area contributed by atoms with Crippen LogP contribution in [-0.4, -0.2) is 36.6 Å². The smallest absolute Gasteiger partial charge is 0.119 e. The first-order valence-corrected chi connectivity index (χ1v) is 17.2. The van der Waals surface area contributed by atoms with Crippen LogP contribution in [-0.2, 0) is 0 Å². The number of rotatable bonds is 12. The Bertz CT molecular complexity index is 2020. The van der Waals surface area contributed by atoms with Gasteiger partial charge in [0.15, 0.2) is 0 Å². The fourth-order valence-corrected chi connectivity index (χ4v) is 6.31. The van der Waals surface area contributed by atoms with Gasteiger partial charge in [0.25, 0.3) is 0 Å². The molecular formula is C45H39N3O6. The minimum atomic E-state index is 0.152. The SMILES string of the molecule is COc1ccc(N(c2ccc(O)cc2)c2cc(N(c3ccc(O)cc3)c3ccc(OC)cc3)cc(N(c3ccc(O)cc3)c3ccc(OC)cc3)c2)cc1. The van der Waals surface area contributed by atoms with E-state index < -0.39 is 0 Å². The van der Waals surface area contributed by atoms with E-state index in [2.05, 4.69) is 32.9 Å². The lowest BCUT2D eigenvalue weighted by atomic mass is 10.1. The van der Waals surface area contributed by atoms with Crippen LogP contribution in [0.15, 0.2) is 164 Å². The third-order valence-corrected chi connectivity index (χ3v) is 8.98. The van der Waals surface area contributed by atoms with Gasteiger partial charge in [-0.15, -0.1) is 0 Å². The molecule has 0 bridgehead atoms. The molecular weight excluding hydrogens is 679 g/mol. The molecule has 0 spiro atoms. The van der Waals surface area contributed by atoms with E-state index in [0.717, 1.165) is 68.4 Å². The number of hydrogen-bond donors (Lipinski definition) is 3. The van der Waals surface area contributed by atoms with E-state index in [1.165, 1.54) is 0 Å². The summed E-state index contributed by atoms with van der Waals surface area (Å²) in [6.45, 7) is 0. The van der Waals surface area contributed by atoms with Gasteiger partial charge in [-0.3, -0.25) is 0 Å². The topological polar surface area (TPSA) is 98.1 Å². The zero-order valence-corrected chi connectivity index (χ0v) is 30.0. The summed E-state index contributed by atoms with van der Waals surface area (Å²) in [6.07, 6.45) is 0. The van der Waals surface area contributed by atoms with Crippen LogP contribution < -0.4 is 28.9 Å². The number of aromatic hydroxyl groups is 3. The van der Waals surface area contributed by atoms with Gasteiger partial charge in [0.05, 0.1) is 38.4 Å². The van der Waals surface area contributed by atoms with Crippen molar-refractivity contribution in [3.8, 4) is 34.5 Å². The second-order valence-corrected chi connectivity index (χ2v) is 12.4. The summed E-state index contributed by atoms with van der Waals surface area (Å²) in [5.41, 5.74) is 7.38. The number of anilines is 9. The maximum absolute atomic E-state index is 10.3. The van der Waals surface area contributed by atoms with Gasteiger partial charge in [-0.1, -0.05) is 0 Å². The van der Waals surface area contributed by atoms with E-state index in [-0.39, 0.29) is 17.2 Å². The zero-order valence-electron chi connectivity index (χ0n) is 30.0. The van der Waals surface area contributed by atoms with Crippen molar-refractivity contribution in [2.75, 3.05) is 36.0 Å². The summed E-state index contributed by atoms with van der Waals surface area (Å²) < 4.78 is 16.5. The molecule has 7 aromatic carbocycles. The molecule has 9 heteroatoms. The summed E-state index contributed by atoms with van der Waals surface area (Å²) >= 11 is 0. The van der Waals surface area contributed by atoms with Gasteiger partial charge in [0.2, 0.25) is 0 Å². The van der Waals surface area contributed by atoms with Gasteiger partial charge in [-0.05, 0) is 164 Å². The van der Waals surface area contributed by atoms with E-state index in [1.54, 1.807) is 57.7 Å². The number of nitrogens with zero attached hydrogens (tertiary/aromatic N) is 3.